The summed E-state index contributed by atoms with van der Waals surface area (Å²) in [5.74, 6) is 1.46. The second-order valence-corrected chi connectivity index (χ2v) is 7.26. The number of aromatic nitrogens is 2. The Morgan fingerprint density at radius 2 is 2.11 bits per heavy atom. The van der Waals surface area contributed by atoms with Crippen molar-refractivity contribution in [3.8, 4) is 0 Å². The predicted molar refractivity (Wildman–Crippen MR) is 100 cm³/mol. The highest BCUT2D eigenvalue weighted by atomic mass is 16.3. The van der Waals surface area contributed by atoms with Gasteiger partial charge in [0.1, 0.15) is 6.04 Å². The van der Waals surface area contributed by atoms with Crippen molar-refractivity contribution >= 4 is 17.3 Å². The minimum absolute atomic E-state index is 0.192. The lowest BCUT2D eigenvalue weighted by Gasteiger charge is -2.23. The van der Waals surface area contributed by atoms with Crippen LogP contribution in [0.5, 0.6) is 0 Å². The van der Waals surface area contributed by atoms with Gasteiger partial charge in [0.25, 0.3) is 0 Å². The molecule has 6 nitrogen and oxygen atoms in total. The summed E-state index contributed by atoms with van der Waals surface area (Å²) in [4.78, 5) is 23.0. The van der Waals surface area contributed by atoms with Gasteiger partial charge in [0.2, 0.25) is 5.91 Å². The van der Waals surface area contributed by atoms with E-state index in [-0.39, 0.29) is 11.9 Å². The van der Waals surface area contributed by atoms with Crippen LogP contribution < -0.4 is 5.32 Å². The lowest BCUT2D eigenvalue weighted by atomic mass is 10.0. The summed E-state index contributed by atoms with van der Waals surface area (Å²) in [6.45, 7) is 0.592. The van der Waals surface area contributed by atoms with Gasteiger partial charge in [-0.2, -0.15) is 0 Å². The predicted octanol–water partition coefficient (Wildman–Crippen LogP) is 4.04. The van der Waals surface area contributed by atoms with Crippen LogP contribution >= 0.6 is 0 Å². The number of hydrogen-bond donors (Lipinski definition) is 1. The molecule has 5 rings (SSSR count). The highest BCUT2D eigenvalue weighted by Crippen LogP contribution is 2.42. The first-order chi connectivity index (χ1) is 13.3. The quantitative estimate of drug-likeness (QED) is 0.743. The minimum Gasteiger partial charge on any atom is -0.446 e. The van der Waals surface area contributed by atoms with E-state index in [0.29, 0.717) is 24.6 Å². The molecule has 1 amide bonds. The lowest BCUT2D eigenvalue weighted by Crippen LogP contribution is -2.30. The fraction of sp³-hybridized carbons (Fsp3) is 0.286. The highest BCUT2D eigenvalue weighted by Gasteiger charge is 2.38. The van der Waals surface area contributed by atoms with Gasteiger partial charge >= 0.3 is 0 Å². The zero-order valence-corrected chi connectivity index (χ0v) is 14.8. The van der Waals surface area contributed by atoms with Crippen LogP contribution in [0.15, 0.2) is 59.7 Å². The molecule has 0 bridgehead atoms. The van der Waals surface area contributed by atoms with Crippen molar-refractivity contribution in [2.24, 2.45) is 5.92 Å². The number of anilines is 2. The van der Waals surface area contributed by atoms with Gasteiger partial charge in [-0.1, -0.05) is 6.07 Å². The Kier molecular flexibility index (Phi) is 3.89. The molecular weight excluding hydrogens is 340 g/mol. The molecule has 0 saturated heterocycles. The van der Waals surface area contributed by atoms with Crippen LogP contribution in [0.3, 0.4) is 0 Å². The Morgan fingerprint density at radius 3 is 2.85 bits per heavy atom. The van der Waals surface area contributed by atoms with Gasteiger partial charge in [-0.15, -0.1) is 0 Å². The van der Waals surface area contributed by atoms with Crippen molar-refractivity contribution in [2.45, 2.75) is 31.8 Å². The van der Waals surface area contributed by atoms with E-state index >= 15 is 0 Å². The molecule has 1 fully saturated rings. The summed E-state index contributed by atoms with van der Waals surface area (Å²) in [7, 11) is 0. The summed E-state index contributed by atoms with van der Waals surface area (Å²) in [6.07, 6.45) is 9.63. The van der Waals surface area contributed by atoms with E-state index < -0.39 is 0 Å². The molecule has 0 spiro atoms. The van der Waals surface area contributed by atoms with E-state index in [4.69, 9.17) is 4.42 Å². The first-order valence-electron chi connectivity index (χ1n) is 9.25. The van der Waals surface area contributed by atoms with Crippen LogP contribution in [0.4, 0.5) is 11.4 Å². The monoisotopic (exact) mass is 360 g/mol. The van der Waals surface area contributed by atoms with Gasteiger partial charge in [0, 0.05) is 24.8 Å². The average Bonchev–Trinajstić information content (AvgIpc) is 3.19. The molecule has 1 aliphatic heterocycles. The molecule has 136 valence electrons. The number of nitrogens with one attached hydrogen (secondary N) is 1. The summed E-state index contributed by atoms with van der Waals surface area (Å²) >= 11 is 0. The van der Waals surface area contributed by atoms with Crippen molar-refractivity contribution in [3.05, 3.63) is 72.2 Å². The smallest absolute Gasteiger partial charge is 0.224 e. The van der Waals surface area contributed by atoms with Crippen molar-refractivity contribution in [1.82, 2.24) is 14.9 Å². The second-order valence-electron chi connectivity index (χ2n) is 7.26. The van der Waals surface area contributed by atoms with E-state index in [1.54, 1.807) is 18.6 Å². The Labute approximate surface area is 157 Å². The van der Waals surface area contributed by atoms with E-state index in [1.807, 2.05) is 23.1 Å². The largest absolute Gasteiger partial charge is 0.446 e. The number of amides is 1. The summed E-state index contributed by atoms with van der Waals surface area (Å²) in [5.41, 5.74) is 4.15. The maximum Gasteiger partial charge on any atom is 0.224 e. The number of rotatable bonds is 5. The van der Waals surface area contributed by atoms with Crippen molar-refractivity contribution < 1.29 is 9.21 Å². The number of oxazole rings is 1. The first kappa shape index (κ1) is 16.1. The molecule has 1 saturated carbocycles. The standard InChI is InChI=1S/C21H20N4O2/c26-20(8-14-3-4-14)25-12-15-9-16(24-17-2-1-7-22-10-17)5-6-18(15)21(25)19-11-23-13-27-19/h1-2,5-7,9-11,13-14,21,24H,3-4,8,12H2. The molecule has 1 aromatic carbocycles. The third kappa shape index (κ3) is 3.18. The Bertz CT molecular complexity index is 952. The molecule has 2 aliphatic rings. The third-order valence-corrected chi connectivity index (χ3v) is 5.24. The van der Waals surface area contributed by atoms with Crippen LogP contribution in [-0.4, -0.2) is 20.8 Å². The van der Waals surface area contributed by atoms with Gasteiger partial charge in [0.15, 0.2) is 12.2 Å². The molecule has 6 heteroatoms. The molecule has 1 unspecified atom stereocenters. The van der Waals surface area contributed by atoms with Gasteiger partial charge in [-0.25, -0.2) is 4.98 Å². The van der Waals surface area contributed by atoms with Crippen LogP contribution in [0, 0.1) is 5.92 Å². The number of benzene rings is 1. The van der Waals surface area contributed by atoms with Crippen LogP contribution in [-0.2, 0) is 11.3 Å². The molecule has 0 radical (unpaired) electrons. The van der Waals surface area contributed by atoms with Gasteiger partial charge in [-0.05, 0) is 54.2 Å². The summed E-state index contributed by atoms with van der Waals surface area (Å²) in [6, 6.07) is 9.89. The molecule has 3 heterocycles. The maximum absolute atomic E-state index is 12.9. The summed E-state index contributed by atoms with van der Waals surface area (Å²) in [5, 5.41) is 3.37. The number of pyridine rings is 1. The Balaban J connectivity index is 1.45. The molecule has 2 aromatic heterocycles. The zero-order valence-electron chi connectivity index (χ0n) is 14.8. The molecular formula is C21H20N4O2. The number of carbonyl (C=O) groups is 1. The third-order valence-electron chi connectivity index (χ3n) is 5.24. The van der Waals surface area contributed by atoms with E-state index in [0.717, 1.165) is 22.5 Å². The van der Waals surface area contributed by atoms with Crippen molar-refractivity contribution in [2.75, 3.05) is 5.32 Å². The minimum atomic E-state index is -0.193. The molecule has 3 aromatic rings. The van der Waals surface area contributed by atoms with Crippen molar-refractivity contribution in [1.29, 1.82) is 0 Å². The van der Waals surface area contributed by atoms with Crippen LogP contribution in [0.2, 0.25) is 0 Å². The average molecular weight is 360 g/mol. The van der Waals surface area contributed by atoms with Crippen LogP contribution in [0.25, 0.3) is 0 Å². The SMILES string of the molecule is O=C(CC1CC1)N1Cc2cc(Nc3cccnc3)ccc2C1c1cnco1. The van der Waals surface area contributed by atoms with Gasteiger partial charge in [0.05, 0.1) is 18.1 Å². The number of carbonyl (C=O) groups excluding carboxylic acids is 1. The number of nitrogens with zero attached hydrogens (tertiary/aromatic N) is 3. The maximum atomic E-state index is 12.9. The number of hydrogen-bond acceptors (Lipinski definition) is 5. The topological polar surface area (TPSA) is 71.3 Å². The summed E-state index contributed by atoms with van der Waals surface area (Å²) < 4.78 is 5.57. The van der Waals surface area contributed by atoms with Gasteiger partial charge < -0.3 is 14.6 Å². The van der Waals surface area contributed by atoms with Crippen LogP contribution in [0.1, 0.15) is 42.2 Å². The Hall–Kier alpha value is -3.15. The molecule has 1 N–H and O–H groups in total. The molecule has 1 atom stereocenters. The highest BCUT2D eigenvalue weighted by molar-refractivity contribution is 5.79. The van der Waals surface area contributed by atoms with E-state index in [9.17, 15) is 4.79 Å². The Morgan fingerprint density at radius 1 is 1.19 bits per heavy atom. The second kappa shape index (κ2) is 6.54. The lowest BCUT2D eigenvalue weighted by molar-refractivity contribution is -0.133. The molecule has 1 aliphatic carbocycles. The fourth-order valence-electron chi connectivity index (χ4n) is 3.72. The van der Waals surface area contributed by atoms with Crippen molar-refractivity contribution in [3.63, 3.8) is 0 Å². The van der Waals surface area contributed by atoms with E-state index in [1.165, 1.54) is 19.2 Å². The van der Waals surface area contributed by atoms with Gasteiger partial charge in [-0.3, -0.25) is 9.78 Å². The zero-order chi connectivity index (χ0) is 18.2. The normalized spacial score (nSPS) is 18.4. The molecule has 27 heavy (non-hydrogen) atoms. The first-order valence-corrected chi connectivity index (χ1v) is 9.25. The fourth-order valence-corrected chi connectivity index (χ4v) is 3.72. The number of fused-ring (bicyclic) bond motifs is 1. The van der Waals surface area contributed by atoms with E-state index in [2.05, 4.69) is 27.4 Å².